The van der Waals surface area contributed by atoms with Gasteiger partial charge >= 0.3 is 5.97 Å². The lowest BCUT2D eigenvalue weighted by Crippen LogP contribution is -2.32. The Kier molecular flexibility index (Phi) is 5.42. The van der Waals surface area contributed by atoms with Gasteiger partial charge in [-0.15, -0.1) is 0 Å². The Morgan fingerprint density at radius 3 is 2.12 bits per heavy atom. The molecule has 5 nitrogen and oxygen atoms in total. The van der Waals surface area contributed by atoms with E-state index in [4.69, 9.17) is 0 Å². The number of pyridine rings is 1. The highest BCUT2D eigenvalue weighted by molar-refractivity contribution is 5.98. The Labute approximate surface area is 145 Å². The van der Waals surface area contributed by atoms with Crippen molar-refractivity contribution >= 4 is 5.97 Å². The monoisotopic (exact) mass is 347 g/mol. The molecule has 0 amide bonds. The van der Waals surface area contributed by atoms with Crippen molar-refractivity contribution in [1.82, 2.24) is 4.57 Å². The van der Waals surface area contributed by atoms with Crippen LogP contribution in [0.2, 0.25) is 0 Å². The number of carboxylic acids is 1. The van der Waals surface area contributed by atoms with Gasteiger partial charge in [-0.1, -0.05) is 26.0 Å². The van der Waals surface area contributed by atoms with Gasteiger partial charge in [0.05, 0.1) is 17.7 Å². The summed E-state index contributed by atoms with van der Waals surface area (Å²) >= 11 is 0. The van der Waals surface area contributed by atoms with Crippen molar-refractivity contribution in [3.63, 3.8) is 0 Å². The van der Waals surface area contributed by atoms with Crippen molar-refractivity contribution in [1.29, 1.82) is 0 Å². The van der Waals surface area contributed by atoms with E-state index in [1.807, 2.05) is 13.8 Å². The van der Waals surface area contributed by atoms with Crippen molar-refractivity contribution < 1.29 is 19.4 Å². The first-order chi connectivity index (χ1) is 11.7. The van der Waals surface area contributed by atoms with E-state index in [-0.39, 0.29) is 28.7 Å². The second-order valence-corrected chi connectivity index (χ2v) is 6.51. The number of aliphatic hydroxyl groups excluding tert-OH is 1. The molecule has 0 aliphatic carbocycles. The van der Waals surface area contributed by atoms with E-state index in [2.05, 4.69) is 0 Å². The fourth-order valence-electron chi connectivity index (χ4n) is 3.14. The van der Waals surface area contributed by atoms with Crippen LogP contribution in [0.5, 0.6) is 0 Å². The van der Waals surface area contributed by atoms with Crippen LogP contribution >= 0.6 is 0 Å². The summed E-state index contributed by atoms with van der Waals surface area (Å²) in [4.78, 5) is 25.0. The van der Waals surface area contributed by atoms with Crippen molar-refractivity contribution in [3.05, 3.63) is 57.3 Å². The first kappa shape index (κ1) is 18.9. The molecule has 0 fully saturated rings. The van der Waals surface area contributed by atoms with Gasteiger partial charge in [-0.05, 0) is 37.5 Å². The normalized spacial score (nSPS) is 11.4. The summed E-state index contributed by atoms with van der Waals surface area (Å²) in [6, 6.07) is 4.96. The van der Waals surface area contributed by atoms with Gasteiger partial charge in [-0.2, -0.15) is 0 Å². The van der Waals surface area contributed by atoms with Crippen LogP contribution in [0.3, 0.4) is 0 Å². The summed E-state index contributed by atoms with van der Waals surface area (Å²) in [5.41, 5.74) is 0.481. The van der Waals surface area contributed by atoms with E-state index in [1.54, 1.807) is 13.8 Å². The molecular weight excluding hydrogens is 325 g/mol. The maximum atomic E-state index is 13.3. The van der Waals surface area contributed by atoms with E-state index in [0.717, 1.165) is 0 Å². The van der Waals surface area contributed by atoms with E-state index in [1.165, 1.54) is 28.8 Å². The standard InChI is InChI=1S/C19H22FNO4/c1-10(2)17-16(19(24)25)15(12-5-7-13(20)8-6-12)14(9-22)18(23)21(17)11(3)4/h5-8,10-11,22H,9H2,1-4H3,(H,24,25). The van der Waals surface area contributed by atoms with Gasteiger partial charge in [0.1, 0.15) is 5.82 Å². The number of carbonyl (C=O) groups is 1. The zero-order valence-corrected chi connectivity index (χ0v) is 14.7. The molecule has 134 valence electrons. The number of aliphatic hydroxyl groups is 1. The van der Waals surface area contributed by atoms with Crippen molar-refractivity contribution in [3.8, 4) is 11.1 Å². The van der Waals surface area contributed by atoms with Crippen molar-refractivity contribution in [2.24, 2.45) is 0 Å². The fourth-order valence-corrected chi connectivity index (χ4v) is 3.14. The topological polar surface area (TPSA) is 79.5 Å². The molecular formula is C19H22FNO4. The highest BCUT2D eigenvalue weighted by Gasteiger charge is 2.28. The van der Waals surface area contributed by atoms with E-state index < -0.39 is 24.0 Å². The number of benzene rings is 1. The molecule has 0 aliphatic heterocycles. The minimum atomic E-state index is -1.19. The highest BCUT2D eigenvalue weighted by atomic mass is 19.1. The van der Waals surface area contributed by atoms with Gasteiger partial charge < -0.3 is 14.8 Å². The minimum absolute atomic E-state index is 0.00195. The summed E-state index contributed by atoms with van der Waals surface area (Å²) in [7, 11) is 0. The van der Waals surface area contributed by atoms with Crippen molar-refractivity contribution in [2.75, 3.05) is 0 Å². The van der Waals surface area contributed by atoms with Gasteiger partial charge in [-0.25, -0.2) is 9.18 Å². The quantitative estimate of drug-likeness (QED) is 0.867. The zero-order chi connectivity index (χ0) is 18.9. The van der Waals surface area contributed by atoms with Gasteiger partial charge in [0.15, 0.2) is 0 Å². The third-order valence-corrected chi connectivity index (χ3v) is 4.11. The number of aromatic carboxylic acids is 1. The third kappa shape index (κ3) is 3.35. The number of hydrogen-bond donors (Lipinski definition) is 2. The molecule has 1 aromatic heterocycles. The molecule has 0 aliphatic rings. The molecule has 2 aromatic rings. The number of aromatic nitrogens is 1. The van der Waals surface area contributed by atoms with Crippen LogP contribution in [0.25, 0.3) is 11.1 Å². The number of rotatable bonds is 5. The molecule has 0 radical (unpaired) electrons. The molecule has 0 atom stereocenters. The summed E-state index contributed by atoms with van der Waals surface area (Å²) in [5.74, 6) is -1.88. The largest absolute Gasteiger partial charge is 0.478 e. The second kappa shape index (κ2) is 7.19. The predicted octanol–water partition coefficient (Wildman–Crippen LogP) is 3.55. The fraction of sp³-hybridized carbons (Fsp3) is 0.368. The predicted molar refractivity (Wildman–Crippen MR) is 93.5 cm³/mol. The molecule has 0 saturated carbocycles. The Bertz CT molecular complexity index is 851. The molecule has 0 saturated heterocycles. The van der Waals surface area contributed by atoms with Crippen LogP contribution in [0.15, 0.2) is 29.1 Å². The molecule has 0 bridgehead atoms. The Hall–Kier alpha value is -2.47. The SMILES string of the molecule is CC(C)c1c(C(=O)O)c(-c2ccc(F)cc2)c(CO)c(=O)n1C(C)C. The molecule has 2 rings (SSSR count). The van der Waals surface area contributed by atoms with E-state index >= 15 is 0 Å². The van der Waals surface area contributed by atoms with Gasteiger partial charge in [0, 0.05) is 17.3 Å². The Balaban J connectivity index is 3.07. The smallest absolute Gasteiger partial charge is 0.338 e. The summed E-state index contributed by atoms with van der Waals surface area (Å²) in [5, 5.41) is 19.6. The van der Waals surface area contributed by atoms with Crippen LogP contribution in [0.4, 0.5) is 4.39 Å². The molecule has 1 heterocycles. The lowest BCUT2D eigenvalue weighted by atomic mass is 9.90. The Morgan fingerprint density at radius 2 is 1.72 bits per heavy atom. The highest BCUT2D eigenvalue weighted by Crippen LogP contribution is 2.33. The van der Waals surface area contributed by atoms with Crippen molar-refractivity contribution in [2.45, 2.75) is 46.3 Å². The Morgan fingerprint density at radius 1 is 1.16 bits per heavy atom. The maximum Gasteiger partial charge on any atom is 0.338 e. The lowest BCUT2D eigenvalue weighted by molar-refractivity contribution is 0.0694. The van der Waals surface area contributed by atoms with Gasteiger partial charge in [0.25, 0.3) is 5.56 Å². The summed E-state index contributed by atoms with van der Waals surface area (Å²) in [6.45, 7) is 6.60. The van der Waals surface area contributed by atoms with E-state index in [0.29, 0.717) is 11.3 Å². The van der Waals surface area contributed by atoms with Crippen LogP contribution < -0.4 is 5.56 Å². The maximum absolute atomic E-state index is 13.3. The van der Waals surface area contributed by atoms with Gasteiger partial charge in [0.2, 0.25) is 0 Å². The van der Waals surface area contributed by atoms with Crippen LogP contribution in [0, 0.1) is 5.82 Å². The second-order valence-electron chi connectivity index (χ2n) is 6.51. The first-order valence-electron chi connectivity index (χ1n) is 8.12. The van der Waals surface area contributed by atoms with Crippen LogP contribution in [0.1, 0.15) is 61.3 Å². The average molecular weight is 347 g/mol. The molecule has 0 unspecified atom stereocenters. The molecule has 2 N–H and O–H groups in total. The first-order valence-corrected chi connectivity index (χ1v) is 8.12. The zero-order valence-electron chi connectivity index (χ0n) is 14.7. The van der Waals surface area contributed by atoms with Crippen LogP contribution in [-0.4, -0.2) is 20.7 Å². The molecule has 6 heteroatoms. The number of carboxylic acid groups (broad SMARTS) is 1. The molecule has 1 aromatic carbocycles. The summed E-state index contributed by atoms with van der Waals surface area (Å²) in [6.07, 6.45) is 0. The molecule has 25 heavy (non-hydrogen) atoms. The van der Waals surface area contributed by atoms with Crippen LogP contribution in [-0.2, 0) is 6.61 Å². The minimum Gasteiger partial charge on any atom is -0.478 e. The number of hydrogen-bond acceptors (Lipinski definition) is 3. The number of halogens is 1. The lowest BCUT2D eigenvalue weighted by Gasteiger charge is -2.25. The third-order valence-electron chi connectivity index (χ3n) is 4.11. The number of nitrogens with zero attached hydrogens (tertiary/aromatic N) is 1. The van der Waals surface area contributed by atoms with Gasteiger partial charge in [-0.3, -0.25) is 4.79 Å². The van der Waals surface area contributed by atoms with E-state index in [9.17, 15) is 24.2 Å². The summed E-state index contributed by atoms with van der Waals surface area (Å²) < 4.78 is 14.7. The average Bonchev–Trinajstić information content (AvgIpc) is 2.53. The molecule has 0 spiro atoms.